The first-order chi connectivity index (χ1) is 10.2. The monoisotopic (exact) mass is 291 g/mol. The first kappa shape index (κ1) is 14.2. The minimum absolute atomic E-state index is 0.208. The Labute approximate surface area is 124 Å². The molecule has 0 radical (unpaired) electrons. The lowest BCUT2D eigenvalue weighted by atomic mass is 9.86. The maximum Gasteiger partial charge on any atom is 0.306 e. The highest BCUT2D eigenvalue weighted by Crippen LogP contribution is 2.49. The van der Waals surface area contributed by atoms with Crippen LogP contribution < -0.4 is 5.32 Å². The van der Waals surface area contributed by atoms with Crippen LogP contribution in [0.1, 0.15) is 37.9 Å². The van der Waals surface area contributed by atoms with Crippen LogP contribution in [0.25, 0.3) is 0 Å². The van der Waals surface area contributed by atoms with Crippen molar-refractivity contribution in [1.82, 2.24) is 5.32 Å². The van der Waals surface area contributed by atoms with E-state index in [0.29, 0.717) is 30.6 Å². The predicted molar refractivity (Wildman–Crippen MR) is 75.1 cm³/mol. The molecule has 1 amide bonds. The van der Waals surface area contributed by atoms with Crippen molar-refractivity contribution in [1.29, 1.82) is 0 Å². The lowest BCUT2D eigenvalue weighted by Gasteiger charge is -2.20. The van der Waals surface area contributed by atoms with Crippen LogP contribution in [0.3, 0.4) is 0 Å². The van der Waals surface area contributed by atoms with E-state index in [-0.39, 0.29) is 18.5 Å². The summed E-state index contributed by atoms with van der Waals surface area (Å²) < 4.78 is 10.2. The van der Waals surface area contributed by atoms with Crippen LogP contribution in [0.15, 0.2) is 22.8 Å². The Morgan fingerprint density at radius 3 is 2.90 bits per heavy atom. The molecule has 0 saturated heterocycles. The maximum atomic E-state index is 11.8. The Morgan fingerprint density at radius 1 is 1.33 bits per heavy atom. The van der Waals surface area contributed by atoms with Crippen LogP contribution in [-0.4, -0.2) is 18.5 Å². The van der Waals surface area contributed by atoms with Gasteiger partial charge in [-0.3, -0.25) is 9.59 Å². The number of hydrogen-bond acceptors (Lipinski definition) is 4. The number of furan rings is 1. The second-order valence-electron chi connectivity index (χ2n) is 6.16. The van der Waals surface area contributed by atoms with E-state index in [1.165, 1.54) is 19.3 Å². The van der Waals surface area contributed by atoms with Crippen molar-refractivity contribution in [3.63, 3.8) is 0 Å². The minimum Gasteiger partial charge on any atom is -0.467 e. The summed E-state index contributed by atoms with van der Waals surface area (Å²) in [6.07, 6.45) is 7.03. The van der Waals surface area contributed by atoms with Gasteiger partial charge in [0.1, 0.15) is 5.76 Å². The van der Waals surface area contributed by atoms with Gasteiger partial charge in [-0.1, -0.05) is 6.42 Å². The van der Waals surface area contributed by atoms with Crippen LogP contribution in [0, 0.1) is 17.8 Å². The van der Waals surface area contributed by atoms with Gasteiger partial charge in [-0.15, -0.1) is 0 Å². The lowest BCUT2D eigenvalue weighted by Crippen LogP contribution is -2.28. The molecule has 1 aromatic rings. The first-order valence-corrected chi connectivity index (χ1v) is 7.65. The van der Waals surface area contributed by atoms with Crippen molar-refractivity contribution >= 4 is 11.9 Å². The lowest BCUT2D eigenvalue weighted by molar-refractivity contribution is -0.149. The third-order valence-corrected chi connectivity index (χ3v) is 4.72. The van der Waals surface area contributed by atoms with Crippen molar-refractivity contribution in [2.45, 2.75) is 38.6 Å². The van der Waals surface area contributed by atoms with Gasteiger partial charge in [-0.2, -0.15) is 0 Å². The topological polar surface area (TPSA) is 68.5 Å². The van der Waals surface area contributed by atoms with Gasteiger partial charge >= 0.3 is 5.97 Å². The molecular formula is C16H21NO4. The second kappa shape index (κ2) is 6.33. The highest BCUT2D eigenvalue weighted by molar-refractivity contribution is 5.80. The molecule has 1 aromatic heterocycles. The number of nitrogens with one attached hydrogen (secondary N) is 1. The fraction of sp³-hybridized carbons (Fsp3) is 0.625. The van der Waals surface area contributed by atoms with Gasteiger partial charge in [-0.05, 0) is 49.1 Å². The number of carbonyl (C=O) groups is 2. The average molecular weight is 291 g/mol. The first-order valence-electron chi connectivity index (χ1n) is 7.65. The van der Waals surface area contributed by atoms with Gasteiger partial charge < -0.3 is 14.5 Å². The molecule has 3 rings (SSSR count). The molecule has 5 heteroatoms. The van der Waals surface area contributed by atoms with E-state index in [0.717, 1.165) is 12.3 Å². The Balaban J connectivity index is 1.33. The normalized spacial score (nSPS) is 26.8. The molecule has 2 bridgehead atoms. The van der Waals surface area contributed by atoms with E-state index in [9.17, 15) is 9.59 Å². The second-order valence-corrected chi connectivity index (χ2v) is 6.16. The van der Waals surface area contributed by atoms with E-state index in [1.807, 2.05) is 0 Å². The van der Waals surface area contributed by atoms with Crippen molar-refractivity contribution < 1.29 is 18.7 Å². The fourth-order valence-electron chi connectivity index (χ4n) is 3.70. The number of rotatable bonds is 6. The van der Waals surface area contributed by atoms with Crippen molar-refractivity contribution in [2.24, 2.45) is 17.8 Å². The van der Waals surface area contributed by atoms with Gasteiger partial charge in [0.05, 0.1) is 12.8 Å². The summed E-state index contributed by atoms with van der Waals surface area (Å²) in [5, 5.41) is 2.65. The van der Waals surface area contributed by atoms with Crippen LogP contribution >= 0.6 is 0 Å². The summed E-state index contributed by atoms with van der Waals surface area (Å²) in [4.78, 5) is 23.4. The zero-order valence-electron chi connectivity index (χ0n) is 12.0. The summed E-state index contributed by atoms with van der Waals surface area (Å²) in [5.41, 5.74) is 0. The molecule has 5 nitrogen and oxygen atoms in total. The molecule has 3 atom stereocenters. The van der Waals surface area contributed by atoms with Crippen LogP contribution in [0.4, 0.5) is 0 Å². The van der Waals surface area contributed by atoms with Crippen molar-refractivity contribution in [3.8, 4) is 0 Å². The van der Waals surface area contributed by atoms with Gasteiger partial charge in [0.15, 0.2) is 6.61 Å². The molecule has 2 saturated carbocycles. The molecule has 2 aliphatic rings. The molecule has 114 valence electrons. The summed E-state index contributed by atoms with van der Waals surface area (Å²) >= 11 is 0. The van der Waals surface area contributed by atoms with E-state index in [2.05, 4.69) is 5.32 Å². The molecule has 1 N–H and O–H groups in total. The average Bonchev–Trinajstić information content (AvgIpc) is 3.20. The number of hydrogen-bond donors (Lipinski definition) is 1. The van der Waals surface area contributed by atoms with E-state index in [1.54, 1.807) is 18.4 Å². The highest BCUT2D eigenvalue weighted by atomic mass is 16.5. The Kier molecular flexibility index (Phi) is 4.27. The number of fused-ring (bicyclic) bond motifs is 2. The zero-order valence-corrected chi connectivity index (χ0v) is 12.0. The summed E-state index contributed by atoms with van der Waals surface area (Å²) in [6, 6.07) is 3.54. The van der Waals surface area contributed by atoms with Crippen LogP contribution in [0.2, 0.25) is 0 Å². The third-order valence-electron chi connectivity index (χ3n) is 4.72. The molecule has 21 heavy (non-hydrogen) atoms. The number of ether oxygens (including phenoxy) is 1. The molecule has 1 heterocycles. The van der Waals surface area contributed by atoms with E-state index >= 15 is 0 Å². The summed E-state index contributed by atoms with van der Waals surface area (Å²) in [5.74, 6) is 2.13. The van der Waals surface area contributed by atoms with Gasteiger partial charge in [-0.25, -0.2) is 0 Å². The molecule has 2 aliphatic carbocycles. The summed E-state index contributed by atoms with van der Waals surface area (Å²) in [6.45, 7) is 0.107. The standard InChI is InChI=1S/C16H21NO4/c18-15(17-9-14-2-1-5-20-14)10-21-16(19)8-13-7-11-3-4-12(13)6-11/h1-2,5,11-13H,3-4,6-10H2,(H,17,18)/t11-,12-,13+/m0/s1. The zero-order chi connectivity index (χ0) is 14.7. The fourth-order valence-corrected chi connectivity index (χ4v) is 3.70. The molecule has 0 aromatic carbocycles. The van der Waals surface area contributed by atoms with Gasteiger partial charge in [0.25, 0.3) is 5.91 Å². The molecule has 0 unspecified atom stereocenters. The Hall–Kier alpha value is -1.78. The Morgan fingerprint density at radius 2 is 2.24 bits per heavy atom. The quantitative estimate of drug-likeness (QED) is 0.816. The SMILES string of the molecule is O=C(COC(=O)C[C@H]1C[C@H]2CC[C@H]1C2)NCc1ccco1. The molecule has 0 spiro atoms. The number of carbonyl (C=O) groups excluding carboxylic acids is 2. The maximum absolute atomic E-state index is 11.8. The molecular weight excluding hydrogens is 270 g/mol. The smallest absolute Gasteiger partial charge is 0.306 e. The Bertz CT molecular complexity index is 496. The van der Waals surface area contributed by atoms with Crippen LogP contribution in [0.5, 0.6) is 0 Å². The number of esters is 1. The summed E-state index contributed by atoms with van der Waals surface area (Å²) in [7, 11) is 0. The number of amides is 1. The van der Waals surface area contributed by atoms with Gasteiger partial charge in [0.2, 0.25) is 0 Å². The molecule has 0 aliphatic heterocycles. The van der Waals surface area contributed by atoms with E-state index < -0.39 is 0 Å². The van der Waals surface area contributed by atoms with Crippen molar-refractivity contribution in [2.75, 3.05) is 6.61 Å². The van der Waals surface area contributed by atoms with Gasteiger partial charge in [0, 0.05) is 6.42 Å². The van der Waals surface area contributed by atoms with Crippen LogP contribution in [-0.2, 0) is 20.9 Å². The molecule has 2 fully saturated rings. The third kappa shape index (κ3) is 3.65. The van der Waals surface area contributed by atoms with Crippen molar-refractivity contribution in [3.05, 3.63) is 24.2 Å². The highest BCUT2D eigenvalue weighted by Gasteiger charge is 2.40. The predicted octanol–water partition coefficient (Wildman–Crippen LogP) is 2.27. The minimum atomic E-state index is -0.298. The largest absolute Gasteiger partial charge is 0.467 e. The van der Waals surface area contributed by atoms with E-state index in [4.69, 9.17) is 9.15 Å².